The number of rotatable bonds is 5. The molecule has 2 heterocycles. The van der Waals surface area contributed by atoms with E-state index in [1.165, 1.54) is 22.9 Å². The first-order valence-corrected chi connectivity index (χ1v) is 8.31. The summed E-state index contributed by atoms with van der Waals surface area (Å²) < 4.78 is 5.28. The first-order chi connectivity index (χ1) is 11.1. The molecule has 2 aromatic rings. The minimum absolute atomic E-state index is 0.156. The normalized spacial score (nSPS) is 15.2. The highest BCUT2D eigenvalue weighted by Crippen LogP contribution is 2.38. The SMILES string of the molecule is CC(C)SC1=C(c2ccccc2)C(=O)N(Cc2ccco2)C1=O. The van der Waals surface area contributed by atoms with Crippen LogP contribution in [0.3, 0.4) is 0 Å². The van der Waals surface area contributed by atoms with Crippen molar-refractivity contribution in [2.45, 2.75) is 25.6 Å². The van der Waals surface area contributed by atoms with Crippen LogP contribution >= 0.6 is 11.8 Å². The smallest absolute Gasteiger partial charge is 0.268 e. The Morgan fingerprint density at radius 3 is 2.39 bits per heavy atom. The highest BCUT2D eigenvalue weighted by atomic mass is 32.2. The lowest BCUT2D eigenvalue weighted by Gasteiger charge is -2.13. The summed E-state index contributed by atoms with van der Waals surface area (Å²) in [6.07, 6.45) is 1.54. The van der Waals surface area contributed by atoms with Crippen LogP contribution in [0, 0.1) is 0 Å². The molecule has 118 valence electrons. The number of benzene rings is 1. The molecule has 1 aliphatic heterocycles. The summed E-state index contributed by atoms with van der Waals surface area (Å²) in [5, 5.41) is 0.212. The summed E-state index contributed by atoms with van der Waals surface area (Å²) >= 11 is 1.43. The molecule has 5 heteroatoms. The molecule has 0 atom stereocenters. The molecule has 1 aromatic carbocycles. The van der Waals surface area contributed by atoms with E-state index in [1.807, 2.05) is 44.2 Å². The molecule has 1 aliphatic rings. The number of amides is 2. The van der Waals surface area contributed by atoms with Gasteiger partial charge in [-0.3, -0.25) is 14.5 Å². The van der Waals surface area contributed by atoms with Gasteiger partial charge in [-0.1, -0.05) is 44.2 Å². The van der Waals surface area contributed by atoms with Crippen LogP contribution in [0.25, 0.3) is 5.57 Å². The van der Waals surface area contributed by atoms with Gasteiger partial charge in [-0.25, -0.2) is 0 Å². The van der Waals surface area contributed by atoms with Crippen molar-refractivity contribution >= 4 is 29.1 Å². The van der Waals surface area contributed by atoms with Crippen molar-refractivity contribution in [3.63, 3.8) is 0 Å². The van der Waals surface area contributed by atoms with Crippen molar-refractivity contribution < 1.29 is 14.0 Å². The van der Waals surface area contributed by atoms with Gasteiger partial charge in [0.25, 0.3) is 11.8 Å². The van der Waals surface area contributed by atoms with E-state index >= 15 is 0 Å². The number of furan rings is 1. The maximum Gasteiger partial charge on any atom is 0.268 e. The summed E-state index contributed by atoms with van der Waals surface area (Å²) in [5.74, 6) is 0.0830. The van der Waals surface area contributed by atoms with Gasteiger partial charge in [-0.15, -0.1) is 11.8 Å². The number of hydrogen-bond donors (Lipinski definition) is 0. The van der Waals surface area contributed by atoms with E-state index in [4.69, 9.17) is 4.42 Å². The van der Waals surface area contributed by atoms with Gasteiger partial charge in [0.15, 0.2) is 0 Å². The molecule has 0 aliphatic carbocycles. The molecule has 23 heavy (non-hydrogen) atoms. The third kappa shape index (κ3) is 3.10. The Balaban J connectivity index is 1.99. The Labute approximate surface area is 139 Å². The van der Waals surface area contributed by atoms with E-state index in [2.05, 4.69) is 0 Å². The second-order valence-electron chi connectivity index (χ2n) is 5.51. The van der Waals surface area contributed by atoms with Crippen molar-refractivity contribution in [1.82, 2.24) is 4.90 Å². The number of imide groups is 1. The Morgan fingerprint density at radius 1 is 1.04 bits per heavy atom. The first-order valence-electron chi connectivity index (χ1n) is 7.43. The maximum absolute atomic E-state index is 12.8. The Bertz CT molecular complexity index is 748. The highest BCUT2D eigenvalue weighted by molar-refractivity contribution is 8.04. The second kappa shape index (κ2) is 6.46. The van der Waals surface area contributed by atoms with E-state index in [-0.39, 0.29) is 23.6 Å². The van der Waals surface area contributed by atoms with Crippen molar-refractivity contribution in [3.8, 4) is 0 Å². The summed E-state index contributed by atoms with van der Waals surface area (Å²) in [7, 11) is 0. The Morgan fingerprint density at radius 2 is 1.78 bits per heavy atom. The van der Waals surface area contributed by atoms with Crippen LogP contribution in [-0.2, 0) is 16.1 Å². The van der Waals surface area contributed by atoms with E-state index < -0.39 is 0 Å². The van der Waals surface area contributed by atoms with Crippen LogP contribution in [0.2, 0.25) is 0 Å². The summed E-state index contributed by atoms with van der Waals surface area (Å²) in [4.78, 5) is 27.3. The van der Waals surface area contributed by atoms with Gasteiger partial charge in [0.2, 0.25) is 0 Å². The zero-order valence-corrected chi connectivity index (χ0v) is 13.8. The van der Waals surface area contributed by atoms with E-state index in [1.54, 1.807) is 12.1 Å². The van der Waals surface area contributed by atoms with Gasteiger partial charge in [0.05, 0.1) is 23.3 Å². The number of thioether (sulfide) groups is 1. The number of carbonyl (C=O) groups is 2. The minimum atomic E-state index is -0.263. The molecule has 1 aromatic heterocycles. The van der Waals surface area contributed by atoms with E-state index in [9.17, 15) is 9.59 Å². The lowest BCUT2D eigenvalue weighted by molar-refractivity contribution is -0.137. The van der Waals surface area contributed by atoms with Crippen LogP contribution in [0.15, 0.2) is 58.1 Å². The molecule has 0 N–H and O–H groups in total. The van der Waals surface area contributed by atoms with Gasteiger partial charge >= 0.3 is 0 Å². The van der Waals surface area contributed by atoms with Gasteiger partial charge < -0.3 is 4.42 Å². The van der Waals surface area contributed by atoms with Crippen LogP contribution in [0.4, 0.5) is 0 Å². The van der Waals surface area contributed by atoms with Crippen LogP contribution in [0.1, 0.15) is 25.2 Å². The summed E-state index contributed by atoms with van der Waals surface area (Å²) in [6.45, 7) is 4.17. The van der Waals surface area contributed by atoms with Crippen LogP contribution in [0.5, 0.6) is 0 Å². The molecular formula is C18H17NO3S. The third-order valence-electron chi connectivity index (χ3n) is 3.44. The fraction of sp³-hybridized carbons (Fsp3) is 0.222. The predicted octanol–water partition coefficient (Wildman–Crippen LogP) is 3.70. The minimum Gasteiger partial charge on any atom is -0.467 e. The zero-order valence-electron chi connectivity index (χ0n) is 13.0. The lowest BCUT2D eigenvalue weighted by Crippen LogP contribution is -2.30. The monoisotopic (exact) mass is 327 g/mol. The topological polar surface area (TPSA) is 50.5 Å². The van der Waals surface area contributed by atoms with Gasteiger partial charge in [0, 0.05) is 5.25 Å². The second-order valence-corrected chi connectivity index (χ2v) is 7.10. The summed E-state index contributed by atoms with van der Waals surface area (Å²) in [6, 6.07) is 12.8. The average molecular weight is 327 g/mol. The molecule has 0 saturated carbocycles. The number of carbonyl (C=O) groups excluding carboxylic acids is 2. The van der Waals surface area contributed by atoms with Gasteiger partial charge in [0.1, 0.15) is 5.76 Å². The molecular weight excluding hydrogens is 310 g/mol. The number of hydrogen-bond acceptors (Lipinski definition) is 4. The van der Waals surface area contributed by atoms with Crippen molar-refractivity contribution in [2.24, 2.45) is 0 Å². The van der Waals surface area contributed by atoms with E-state index in [0.29, 0.717) is 16.2 Å². The molecule has 0 spiro atoms. The Kier molecular flexibility index (Phi) is 4.39. The van der Waals surface area contributed by atoms with Crippen LogP contribution < -0.4 is 0 Å². The molecule has 0 fully saturated rings. The molecule has 0 bridgehead atoms. The molecule has 0 unspecified atom stereocenters. The molecule has 3 rings (SSSR count). The highest BCUT2D eigenvalue weighted by Gasteiger charge is 2.39. The fourth-order valence-electron chi connectivity index (χ4n) is 2.46. The van der Waals surface area contributed by atoms with Crippen molar-refractivity contribution in [1.29, 1.82) is 0 Å². The fourth-order valence-corrected chi connectivity index (χ4v) is 3.47. The lowest BCUT2D eigenvalue weighted by atomic mass is 10.1. The largest absolute Gasteiger partial charge is 0.467 e. The quantitative estimate of drug-likeness (QED) is 0.786. The molecule has 0 saturated heterocycles. The third-order valence-corrected chi connectivity index (χ3v) is 4.52. The molecule has 0 radical (unpaired) electrons. The Hall–Kier alpha value is -2.27. The maximum atomic E-state index is 12.8. The molecule has 2 amide bonds. The standard InChI is InChI=1S/C18H17NO3S/c1-12(2)23-16-15(13-7-4-3-5-8-13)17(20)19(18(16)21)11-14-9-6-10-22-14/h3-10,12H,11H2,1-2H3. The summed E-state index contributed by atoms with van der Waals surface area (Å²) in [5.41, 5.74) is 1.26. The first kappa shape index (κ1) is 15.6. The van der Waals surface area contributed by atoms with Gasteiger partial charge in [-0.05, 0) is 17.7 Å². The van der Waals surface area contributed by atoms with E-state index in [0.717, 1.165) is 5.56 Å². The zero-order chi connectivity index (χ0) is 16.4. The van der Waals surface area contributed by atoms with Crippen molar-refractivity contribution in [2.75, 3.05) is 0 Å². The predicted molar refractivity (Wildman–Crippen MR) is 90.4 cm³/mol. The van der Waals surface area contributed by atoms with Gasteiger partial charge in [-0.2, -0.15) is 0 Å². The average Bonchev–Trinajstić information content (AvgIpc) is 3.11. The van der Waals surface area contributed by atoms with Crippen LogP contribution in [-0.4, -0.2) is 22.0 Å². The van der Waals surface area contributed by atoms with Crippen molar-refractivity contribution in [3.05, 3.63) is 65.0 Å². The molecule has 4 nitrogen and oxygen atoms in total. The number of nitrogens with zero attached hydrogens (tertiary/aromatic N) is 1.